The average Bonchev–Trinajstić information content (AvgIpc) is 2.92. The first kappa shape index (κ1) is 12.8. The molecule has 5 heteroatoms. The van der Waals surface area contributed by atoms with E-state index in [1.165, 1.54) is 7.11 Å². The van der Waals surface area contributed by atoms with E-state index >= 15 is 0 Å². The van der Waals surface area contributed by atoms with Gasteiger partial charge in [0, 0.05) is 4.88 Å². The molecule has 0 N–H and O–H groups in total. The van der Waals surface area contributed by atoms with E-state index < -0.39 is 0 Å². The zero-order chi connectivity index (χ0) is 13.1. The van der Waals surface area contributed by atoms with E-state index in [4.69, 9.17) is 4.42 Å². The lowest BCUT2D eigenvalue weighted by Crippen LogP contribution is -2.01. The predicted molar refractivity (Wildman–Crippen MR) is 69.6 cm³/mol. The van der Waals surface area contributed by atoms with Gasteiger partial charge in [-0.15, -0.1) is 11.3 Å². The van der Waals surface area contributed by atoms with E-state index in [0.717, 1.165) is 27.1 Å². The molecule has 0 fully saturated rings. The Bertz CT molecular complexity index is 556. The number of carbonyl (C=O) groups is 1. The van der Waals surface area contributed by atoms with E-state index in [1.807, 2.05) is 26.0 Å². The molecule has 0 radical (unpaired) electrons. The van der Waals surface area contributed by atoms with Crippen LogP contribution in [0.5, 0.6) is 0 Å². The molecule has 0 saturated heterocycles. The molecule has 0 amide bonds. The first-order valence-corrected chi connectivity index (χ1v) is 6.51. The maximum absolute atomic E-state index is 11.1. The Morgan fingerprint density at radius 2 is 2.22 bits per heavy atom. The third kappa shape index (κ3) is 2.79. The minimum absolute atomic E-state index is 0.196. The minimum Gasteiger partial charge on any atom is -0.469 e. The van der Waals surface area contributed by atoms with Gasteiger partial charge in [-0.2, -0.15) is 0 Å². The van der Waals surface area contributed by atoms with Crippen molar-refractivity contribution in [1.82, 2.24) is 4.98 Å². The quantitative estimate of drug-likeness (QED) is 0.797. The van der Waals surface area contributed by atoms with Gasteiger partial charge in [0.15, 0.2) is 10.8 Å². The van der Waals surface area contributed by atoms with Crippen molar-refractivity contribution in [2.75, 3.05) is 7.11 Å². The number of aryl methyl sites for hydroxylation is 3. The molecule has 0 aromatic carbocycles. The SMILES string of the molecule is COC(=O)CCc1sc(-c2ccc(C)o2)nc1C. The van der Waals surface area contributed by atoms with Gasteiger partial charge in [0.05, 0.1) is 19.2 Å². The number of thiazole rings is 1. The summed E-state index contributed by atoms with van der Waals surface area (Å²) in [6, 6.07) is 3.83. The number of hydrogen-bond acceptors (Lipinski definition) is 5. The lowest BCUT2D eigenvalue weighted by Gasteiger charge is -1.97. The van der Waals surface area contributed by atoms with Crippen molar-refractivity contribution in [2.24, 2.45) is 0 Å². The molecule has 0 atom stereocenters. The Morgan fingerprint density at radius 1 is 1.44 bits per heavy atom. The van der Waals surface area contributed by atoms with Crippen LogP contribution in [0, 0.1) is 13.8 Å². The average molecular weight is 265 g/mol. The molecule has 0 saturated carbocycles. The highest BCUT2D eigenvalue weighted by Gasteiger charge is 2.13. The molecule has 0 aliphatic carbocycles. The summed E-state index contributed by atoms with van der Waals surface area (Å²) in [5.41, 5.74) is 0.952. The number of rotatable bonds is 4. The third-order valence-electron chi connectivity index (χ3n) is 2.63. The topological polar surface area (TPSA) is 52.3 Å². The van der Waals surface area contributed by atoms with Crippen molar-refractivity contribution in [3.05, 3.63) is 28.5 Å². The summed E-state index contributed by atoms with van der Waals surface area (Å²) in [6.07, 6.45) is 1.05. The molecule has 2 aromatic rings. The number of aromatic nitrogens is 1. The number of carbonyl (C=O) groups excluding carboxylic acids is 1. The van der Waals surface area contributed by atoms with Gasteiger partial charge in [0.2, 0.25) is 0 Å². The smallest absolute Gasteiger partial charge is 0.305 e. The fraction of sp³-hybridized carbons (Fsp3) is 0.385. The van der Waals surface area contributed by atoms with Crippen LogP contribution in [-0.2, 0) is 16.0 Å². The Labute approximate surface area is 110 Å². The van der Waals surface area contributed by atoms with Gasteiger partial charge in [-0.05, 0) is 32.4 Å². The highest BCUT2D eigenvalue weighted by molar-refractivity contribution is 7.15. The van der Waals surface area contributed by atoms with Crippen molar-refractivity contribution in [3.63, 3.8) is 0 Å². The fourth-order valence-electron chi connectivity index (χ4n) is 1.63. The van der Waals surface area contributed by atoms with Crippen molar-refractivity contribution in [2.45, 2.75) is 26.7 Å². The van der Waals surface area contributed by atoms with Crippen LogP contribution in [0.1, 0.15) is 22.8 Å². The lowest BCUT2D eigenvalue weighted by atomic mass is 10.2. The number of nitrogens with zero attached hydrogens (tertiary/aromatic N) is 1. The summed E-state index contributed by atoms with van der Waals surface area (Å²) in [4.78, 5) is 16.7. The van der Waals surface area contributed by atoms with Crippen molar-refractivity contribution < 1.29 is 13.9 Å². The van der Waals surface area contributed by atoms with E-state index in [1.54, 1.807) is 11.3 Å². The molecular formula is C13H15NO3S. The molecular weight excluding hydrogens is 250 g/mol. The second kappa shape index (κ2) is 5.35. The zero-order valence-electron chi connectivity index (χ0n) is 10.6. The molecule has 2 aromatic heterocycles. The molecule has 0 spiro atoms. The van der Waals surface area contributed by atoms with Gasteiger partial charge >= 0.3 is 5.97 Å². The Balaban J connectivity index is 2.14. The van der Waals surface area contributed by atoms with Crippen molar-refractivity contribution in [1.29, 1.82) is 0 Å². The summed E-state index contributed by atoms with van der Waals surface area (Å²) >= 11 is 1.57. The molecule has 0 aliphatic heterocycles. The molecule has 0 bridgehead atoms. The molecule has 0 aliphatic rings. The molecule has 18 heavy (non-hydrogen) atoms. The molecule has 4 nitrogen and oxygen atoms in total. The summed E-state index contributed by atoms with van der Waals surface area (Å²) in [7, 11) is 1.40. The standard InChI is InChI=1S/C13H15NO3S/c1-8-4-5-10(17-8)13-14-9(2)11(18-13)6-7-12(15)16-3/h4-5H,6-7H2,1-3H3. The van der Waals surface area contributed by atoms with Gasteiger partial charge in [0.25, 0.3) is 0 Å². The van der Waals surface area contributed by atoms with Crippen molar-refractivity contribution >= 4 is 17.3 Å². The number of esters is 1. The third-order valence-corrected chi connectivity index (χ3v) is 3.86. The summed E-state index contributed by atoms with van der Waals surface area (Å²) in [6.45, 7) is 3.85. The van der Waals surface area contributed by atoms with Gasteiger partial charge in [0.1, 0.15) is 5.76 Å². The highest BCUT2D eigenvalue weighted by Crippen LogP contribution is 2.29. The Hall–Kier alpha value is -1.62. The summed E-state index contributed by atoms with van der Waals surface area (Å²) < 4.78 is 10.2. The van der Waals surface area contributed by atoms with Crippen LogP contribution in [0.2, 0.25) is 0 Å². The first-order chi connectivity index (χ1) is 8.60. The van der Waals surface area contributed by atoms with Crippen molar-refractivity contribution in [3.8, 4) is 10.8 Å². The normalized spacial score (nSPS) is 10.6. The number of methoxy groups -OCH3 is 1. The van der Waals surface area contributed by atoms with Crippen LogP contribution < -0.4 is 0 Å². The number of furan rings is 1. The second-order valence-corrected chi connectivity index (χ2v) is 5.10. The van der Waals surface area contributed by atoms with Crippen LogP contribution in [0.25, 0.3) is 10.8 Å². The lowest BCUT2D eigenvalue weighted by molar-refractivity contribution is -0.140. The largest absolute Gasteiger partial charge is 0.469 e. The monoisotopic (exact) mass is 265 g/mol. The van der Waals surface area contributed by atoms with Gasteiger partial charge in [-0.1, -0.05) is 0 Å². The maximum Gasteiger partial charge on any atom is 0.305 e. The molecule has 96 valence electrons. The van der Waals surface area contributed by atoms with Gasteiger partial charge in [-0.3, -0.25) is 4.79 Å². The number of ether oxygens (including phenoxy) is 1. The highest BCUT2D eigenvalue weighted by atomic mass is 32.1. The van der Waals surface area contributed by atoms with E-state index in [2.05, 4.69) is 9.72 Å². The summed E-state index contributed by atoms with van der Waals surface area (Å²) in [5.74, 6) is 1.46. The molecule has 2 rings (SSSR count). The van der Waals surface area contributed by atoms with E-state index in [0.29, 0.717) is 12.8 Å². The van der Waals surface area contributed by atoms with Gasteiger partial charge < -0.3 is 9.15 Å². The zero-order valence-corrected chi connectivity index (χ0v) is 11.5. The molecule has 2 heterocycles. The van der Waals surface area contributed by atoms with Crippen LogP contribution in [0.15, 0.2) is 16.5 Å². The van der Waals surface area contributed by atoms with Gasteiger partial charge in [-0.25, -0.2) is 4.98 Å². The Morgan fingerprint density at radius 3 is 2.83 bits per heavy atom. The van der Waals surface area contributed by atoms with Crippen LogP contribution in [0.4, 0.5) is 0 Å². The van der Waals surface area contributed by atoms with Crippen LogP contribution >= 0.6 is 11.3 Å². The van der Waals surface area contributed by atoms with E-state index in [-0.39, 0.29) is 5.97 Å². The molecule has 0 unspecified atom stereocenters. The van der Waals surface area contributed by atoms with Crippen LogP contribution in [-0.4, -0.2) is 18.1 Å². The Kier molecular flexibility index (Phi) is 3.81. The summed E-state index contributed by atoms with van der Waals surface area (Å²) in [5, 5.41) is 0.862. The van der Waals surface area contributed by atoms with E-state index in [9.17, 15) is 4.79 Å². The second-order valence-electron chi connectivity index (χ2n) is 4.01. The number of hydrogen-bond donors (Lipinski definition) is 0. The van der Waals surface area contributed by atoms with Crippen LogP contribution in [0.3, 0.4) is 0 Å². The fourth-order valence-corrected chi connectivity index (χ4v) is 2.66. The minimum atomic E-state index is -0.196. The maximum atomic E-state index is 11.1. The first-order valence-electron chi connectivity index (χ1n) is 5.70. The predicted octanol–water partition coefficient (Wildman–Crippen LogP) is 3.13.